The van der Waals surface area contributed by atoms with Gasteiger partial charge in [-0.15, -0.1) is 0 Å². The second-order valence-electron chi connectivity index (χ2n) is 8.27. The Bertz CT molecular complexity index is 369. The largest absolute Gasteiger partial charge is 0.467 e. The Kier molecular flexibility index (Phi) is 17.6. The van der Waals surface area contributed by atoms with E-state index in [9.17, 15) is 9.59 Å². The number of methoxy groups -OCH3 is 1. The number of carbonyl (C=O) groups excluding carboxylic acids is 2. The maximum atomic E-state index is 12.0. The van der Waals surface area contributed by atoms with E-state index in [0.29, 0.717) is 18.8 Å². The van der Waals surface area contributed by atoms with E-state index in [2.05, 4.69) is 12.2 Å². The molecule has 0 saturated heterocycles. The first-order chi connectivity index (χ1) is 13.0. The fraction of sp³-hybridized carbons (Fsp3) is 0.913. The van der Waals surface area contributed by atoms with Crippen LogP contribution in [0, 0.1) is 5.92 Å². The molecular weight excluding hydrogens is 338 g/mol. The molecule has 4 nitrogen and oxygen atoms in total. The number of ether oxygens (including phenoxy) is 1. The summed E-state index contributed by atoms with van der Waals surface area (Å²) in [5.41, 5.74) is 0. The molecule has 27 heavy (non-hydrogen) atoms. The van der Waals surface area contributed by atoms with Crippen molar-refractivity contribution in [1.82, 2.24) is 5.32 Å². The second kappa shape index (κ2) is 18.3. The zero-order valence-electron chi connectivity index (χ0n) is 18.5. The summed E-state index contributed by atoms with van der Waals surface area (Å²) in [6, 6.07) is -0.510. The van der Waals surface area contributed by atoms with E-state index < -0.39 is 6.04 Å². The molecule has 0 radical (unpaired) electrons. The molecule has 0 aromatic carbocycles. The molecule has 0 spiro atoms. The van der Waals surface area contributed by atoms with Crippen molar-refractivity contribution in [3.05, 3.63) is 0 Å². The lowest BCUT2D eigenvalue weighted by molar-refractivity contribution is -0.145. The SMILES string of the molecule is CCCCCCCCCCCCCCCC(=O)N[C@@H](CC(C)C)C(=O)OC. The van der Waals surface area contributed by atoms with Gasteiger partial charge in [-0.2, -0.15) is 0 Å². The fourth-order valence-electron chi connectivity index (χ4n) is 3.40. The molecule has 0 unspecified atom stereocenters. The highest BCUT2D eigenvalue weighted by Crippen LogP contribution is 2.13. The Hall–Kier alpha value is -1.06. The highest BCUT2D eigenvalue weighted by Gasteiger charge is 2.22. The Balaban J connectivity index is 3.55. The zero-order valence-corrected chi connectivity index (χ0v) is 18.5. The zero-order chi connectivity index (χ0) is 20.3. The normalized spacial score (nSPS) is 12.2. The van der Waals surface area contributed by atoms with Crippen LogP contribution in [0.15, 0.2) is 0 Å². The van der Waals surface area contributed by atoms with Crippen LogP contribution >= 0.6 is 0 Å². The maximum absolute atomic E-state index is 12.0. The third-order valence-electron chi connectivity index (χ3n) is 5.04. The van der Waals surface area contributed by atoms with Crippen LogP contribution in [0.2, 0.25) is 0 Å². The van der Waals surface area contributed by atoms with Crippen LogP contribution in [0.25, 0.3) is 0 Å². The van der Waals surface area contributed by atoms with Crippen molar-refractivity contribution >= 4 is 11.9 Å². The van der Waals surface area contributed by atoms with Crippen molar-refractivity contribution in [1.29, 1.82) is 0 Å². The van der Waals surface area contributed by atoms with Gasteiger partial charge in [0.15, 0.2) is 0 Å². The first-order valence-corrected chi connectivity index (χ1v) is 11.4. The summed E-state index contributed by atoms with van der Waals surface area (Å²) < 4.78 is 4.78. The molecule has 0 heterocycles. The molecule has 1 N–H and O–H groups in total. The molecule has 0 rings (SSSR count). The van der Waals surface area contributed by atoms with E-state index in [1.165, 1.54) is 77.7 Å². The van der Waals surface area contributed by atoms with E-state index in [1.54, 1.807) is 0 Å². The standard InChI is InChI=1S/C23H45NO3/c1-5-6-7-8-9-10-11-12-13-14-15-16-17-18-22(25)24-21(19-20(2)3)23(26)27-4/h20-21H,5-19H2,1-4H3,(H,24,25)/t21-/m0/s1. The summed E-state index contributed by atoms with van der Waals surface area (Å²) in [5.74, 6) is -0.0396. The van der Waals surface area contributed by atoms with Gasteiger partial charge in [0.25, 0.3) is 0 Å². The van der Waals surface area contributed by atoms with Crippen molar-refractivity contribution in [2.24, 2.45) is 5.92 Å². The summed E-state index contributed by atoms with van der Waals surface area (Å²) >= 11 is 0. The highest BCUT2D eigenvalue weighted by molar-refractivity contribution is 5.84. The topological polar surface area (TPSA) is 55.4 Å². The lowest BCUT2D eigenvalue weighted by Crippen LogP contribution is -2.42. The molecule has 0 aliphatic heterocycles. The number of hydrogen-bond donors (Lipinski definition) is 1. The number of esters is 1. The van der Waals surface area contributed by atoms with Crippen molar-refractivity contribution < 1.29 is 14.3 Å². The van der Waals surface area contributed by atoms with Crippen molar-refractivity contribution in [2.75, 3.05) is 7.11 Å². The van der Waals surface area contributed by atoms with Crippen LogP contribution in [0.4, 0.5) is 0 Å². The Morgan fingerprint density at radius 3 is 1.63 bits per heavy atom. The Morgan fingerprint density at radius 1 is 0.778 bits per heavy atom. The summed E-state index contributed by atoms with van der Waals surface area (Å²) in [6.07, 6.45) is 18.0. The molecule has 0 fully saturated rings. The monoisotopic (exact) mass is 383 g/mol. The molecule has 1 amide bonds. The Morgan fingerprint density at radius 2 is 1.22 bits per heavy atom. The molecule has 0 bridgehead atoms. The average molecular weight is 384 g/mol. The van der Waals surface area contributed by atoms with Gasteiger partial charge in [0.05, 0.1) is 7.11 Å². The number of rotatable bonds is 18. The summed E-state index contributed by atoms with van der Waals surface area (Å²) in [4.78, 5) is 23.8. The van der Waals surface area contributed by atoms with Crippen LogP contribution in [0.1, 0.15) is 117 Å². The minimum Gasteiger partial charge on any atom is -0.467 e. The van der Waals surface area contributed by atoms with Crippen LogP contribution in [-0.4, -0.2) is 25.0 Å². The quantitative estimate of drug-likeness (QED) is 0.227. The predicted octanol–water partition coefficient (Wildman–Crippen LogP) is 6.17. The lowest BCUT2D eigenvalue weighted by Gasteiger charge is -2.18. The predicted molar refractivity (Wildman–Crippen MR) is 114 cm³/mol. The van der Waals surface area contributed by atoms with E-state index in [0.717, 1.165) is 12.8 Å². The molecule has 0 saturated carbocycles. The highest BCUT2D eigenvalue weighted by atomic mass is 16.5. The summed E-state index contributed by atoms with van der Waals surface area (Å²) in [7, 11) is 1.37. The third kappa shape index (κ3) is 16.8. The molecule has 0 aliphatic rings. The van der Waals surface area contributed by atoms with Gasteiger partial charge in [0, 0.05) is 6.42 Å². The van der Waals surface area contributed by atoms with Crippen molar-refractivity contribution in [2.45, 2.75) is 123 Å². The van der Waals surface area contributed by atoms with E-state index in [-0.39, 0.29) is 11.9 Å². The van der Waals surface area contributed by atoms with Gasteiger partial charge in [0.1, 0.15) is 6.04 Å². The summed E-state index contributed by atoms with van der Waals surface area (Å²) in [6.45, 7) is 6.33. The smallest absolute Gasteiger partial charge is 0.328 e. The number of unbranched alkanes of at least 4 members (excludes halogenated alkanes) is 12. The van der Waals surface area contributed by atoms with Gasteiger partial charge in [-0.25, -0.2) is 4.79 Å². The van der Waals surface area contributed by atoms with E-state index in [1.807, 2.05) is 13.8 Å². The first-order valence-electron chi connectivity index (χ1n) is 11.4. The van der Waals surface area contributed by atoms with Gasteiger partial charge in [-0.05, 0) is 18.8 Å². The lowest BCUT2D eigenvalue weighted by atomic mass is 10.0. The first kappa shape index (κ1) is 25.9. The summed E-state index contributed by atoms with van der Waals surface area (Å²) in [5, 5.41) is 2.83. The van der Waals surface area contributed by atoms with E-state index >= 15 is 0 Å². The van der Waals surface area contributed by atoms with Gasteiger partial charge >= 0.3 is 5.97 Å². The molecule has 1 atom stereocenters. The number of carbonyl (C=O) groups is 2. The number of nitrogens with one attached hydrogen (secondary N) is 1. The van der Waals surface area contributed by atoms with Crippen molar-refractivity contribution in [3.8, 4) is 0 Å². The van der Waals surface area contributed by atoms with Crippen LogP contribution in [0.3, 0.4) is 0 Å². The van der Waals surface area contributed by atoms with Crippen LogP contribution in [0.5, 0.6) is 0 Å². The van der Waals surface area contributed by atoms with Gasteiger partial charge < -0.3 is 10.1 Å². The average Bonchev–Trinajstić information content (AvgIpc) is 2.63. The molecular formula is C23H45NO3. The fourth-order valence-corrected chi connectivity index (χ4v) is 3.40. The van der Waals surface area contributed by atoms with Crippen molar-refractivity contribution in [3.63, 3.8) is 0 Å². The van der Waals surface area contributed by atoms with Gasteiger partial charge in [-0.1, -0.05) is 97.8 Å². The van der Waals surface area contributed by atoms with Gasteiger partial charge in [0.2, 0.25) is 5.91 Å². The Labute approximate surface area is 168 Å². The van der Waals surface area contributed by atoms with E-state index in [4.69, 9.17) is 4.74 Å². The molecule has 4 heteroatoms. The molecule has 160 valence electrons. The minimum absolute atomic E-state index is 0.0332. The maximum Gasteiger partial charge on any atom is 0.328 e. The van der Waals surface area contributed by atoms with Crippen LogP contribution < -0.4 is 5.32 Å². The second-order valence-corrected chi connectivity index (χ2v) is 8.27. The number of hydrogen-bond acceptors (Lipinski definition) is 3. The third-order valence-corrected chi connectivity index (χ3v) is 5.04. The molecule has 0 aliphatic carbocycles. The molecule has 0 aromatic rings. The minimum atomic E-state index is -0.510. The number of amides is 1. The van der Waals surface area contributed by atoms with Crippen LogP contribution in [-0.2, 0) is 14.3 Å². The molecule has 0 aromatic heterocycles. The van der Waals surface area contributed by atoms with Gasteiger partial charge in [-0.3, -0.25) is 4.79 Å².